The van der Waals surface area contributed by atoms with Gasteiger partial charge in [-0.25, -0.2) is 9.97 Å². The molecule has 0 aliphatic carbocycles. The lowest BCUT2D eigenvalue weighted by molar-refractivity contribution is -0.122. The van der Waals surface area contributed by atoms with Crippen LogP contribution in [0.15, 0.2) is 28.7 Å². The van der Waals surface area contributed by atoms with Crippen molar-refractivity contribution in [2.45, 2.75) is 45.7 Å². The Morgan fingerprint density at radius 1 is 1.39 bits per heavy atom. The van der Waals surface area contributed by atoms with E-state index in [1.54, 1.807) is 24.6 Å². The lowest BCUT2D eigenvalue weighted by atomic mass is 9.97. The molecule has 3 rings (SSSR count). The van der Waals surface area contributed by atoms with Crippen LogP contribution in [0.5, 0.6) is 0 Å². The molecular weight excluding hydrogens is 525 g/mol. The van der Waals surface area contributed by atoms with Gasteiger partial charge in [0.15, 0.2) is 5.96 Å². The molecule has 0 spiro atoms. The second kappa shape index (κ2) is 12.2. The second-order valence-electron chi connectivity index (χ2n) is 7.77. The summed E-state index contributed by atoms with van der Waals surface area (Å²) in [6, 6.07) is 3.97. The average molecular weight is 558 g/mol. The average Bonchev–Trinajstić information content (AvgIpc) is 3.24. The number of pyridine rings is 1. The third-order valence-electron chi connectivity index (χ3n) is 5.23. The van der Waals surface area contributed by atoms with Crippen LogP contribution >= 0.6 is 35.3 Å². The molecule has 0 radical (unpaired) electrons. The highest BCUT2D eigenvalue weighted by atomic mass is 127. The summed E-state index contributed by atoms with van der Waals surface area (Å²) in [6.07, 6.45) is 3.57. The maximum Gasteiger partial charge on any atom is 0.222 e. The number of guanidine groups is 1. The van der Waals surface area contributed by atoms with Crippen molar-refractivity contribution in [1.82, 2.24) is 20.6 Å². The number of piperidine rings is 1. The summed E-state index contributed by atoms with van der Waals surface area (Å²) in [4.78, 5) is 27.3. The van der Waals surface area contributed by atoms with E-state index in [9.17, 15) is 4.79 Å². The molecule has 1 saturated heterocycles. The number of aliphatic imine (C=N–C) groups is 1. The van der Waals surface area contributed by atoms with Crippen molar-refractivity contribution in [3.63, 3.8) is 0 Å². The van der Waals surface area contributed by atoms with Crippen LogP contribution in [0.1, 0.15) is 48.9 Å². The van der Waals surface area contributed by atoms with Gasteiger partial charge in [-0.05, 0) is 24.8 Å². The van der Waals surface area contributed by atoms with Gasteiger partial charge in [0.2, 0.25) is 5.91 Å². The minimum Gasteiger partial charge on any atom is -0.369 e. The summed E-state index contributed by atoms with van der Waals surface area (Å²) < 4.78 is 0. The molecule has 170 valence electrons. The molecule has 8 nitrogen and oxygen atoms in total. The molecule has 1 aliphatic rings. The van der Waals surface area contributed by atoms with Crippen molar-refractivity contribution < 1.29 is 4.79 Å². The van der Waals surface area contributed by atoms with Gasteiger partial charge in [-0.2, -0.15) is 0 Å². The van der Waals surface area contributed by atoms with Crippen molar-refractivity contribution in [3.05, 3.63) is 40.0 Å². The minimum absolute atomic E-state index is 0. The Morgan fingerprint density at radius 3 is 2.84 bits per heavy atom. The number of nitrogens with zero attached hydrogens (tertiary/aromatic N) is 4. The Bertz CT molecular complexity index is 886. The predicted octanol–water partition coefficient (Wildman–Crippen LogP) is 2.85. The molecule has 2 aromatic heterocycles. The van der Waals surface area contributed by atoms with Crippen LogP contribution in [0, 0.1) is 5.92 Å². The number of nitrogens with one attached hydrogen (secondary N) is 2. The van der Waals surface area contributed by atoms with Crippen LogP contribution in [-0.4, -0.2) is 42.0 Å². The first-order valence-corrected chi connectivity index (χ1v) is 11.2. The van der Waals surface area contributed by atoms with Gasteiger partial charge in [0.05, 0.1) is 18.2 Å². The normalized spacial score (nSPS) is 16.7. The van der Waals surface area contributed by atoms with Gasteiger partial charge >= 0.3 is 0 Å². The lowest BCUT2D eigenvalue weighted by Crippen LogP contribution is -2.42. The number of carbonyl (C=O) groups is 1. The Morgan fingerprint density at radius 2 is 2.16 bits per heavy atom. The van der Waals surface area contributed by atoms with Crippen molar-refractivity contribution in [2.75, 3.05) is 25.0 Å². The minimum atomic E-state index is -0.234. The van der Waals surface area contributed by atoms with Crippen molar-refractivity contribution in [2.24, 2.45) is 16.6 Å². The van der Waals surface area contributed by atoms with E-state index in [0.717, 1.165) is 41.5 Å². The van der Waals surface area contributed by atoms with Gasteiger partial charge in [0.25, 0.3) is 0 Å². The quantitative estimate of drug-likeness (QED) is 0.275. The molecule has 1 unspecified atom stereocenters. The number of thiazole rings is 1. The standard InChI is InChI=1S/C21H31N7OS.HI/c1-14(2)17-13-30-18(27-17)11-26-21(23-3)25-10-15-6-4-8-24-20(15)28-9-5-7-16(12-28)19(22)29;/h4,6,8,13-14,16H,5,7,9-12H2,1-3H3,(H2,22,29)(H2,23,25,26);1H. The van der Waals surface area contributed by atoms with E-state index in [-0.39, 0.29) is 35.8 Å². The summed E-state index contributed by atoms with van der Waals surface area (Å²) >= 11 is 1.66. The van der Waals surface area contributed by atoms with Gasteiger partial charge in [-0.3, -0.25) is 9.79 Å². The fourth-order valence-electron chi connectivity index (χ4n) is 3.49. The van der Waals surface area contributed by atoms with Crippen LogP contribution in [-0.2, 0) is 17.9 Å². The van der Waals surface area contributed by atoms with Crippen molar-refractivity contribution in [3.8, 4) is 0 Å². The van der Waals surface area contributed by atoms with Gasteiger partial charge < -0.3 is 21.3 Å². The van der Waals surface area contributed by atoms with E-state index in [1.165, 1.54) is 0 Å². The molecule has 4 N–H and O–H groups in total. The third-order valence-corrected chi connectivity index (χ3v) is 6.10. The molecule has 10 heteroatoms. The summed E-state index contributed by atoms with van der Waals surface area (Å²) in [6.45, 7) is 7.00. The highest BCUT2D eigenvalue weighted by molar-refractivity contribution is 14.0. The van der Waals surface area contributed by atoms with Crippen LogP contribution in [0.25, 0.3) is 0 Å². The Labute approximate surface area is 205 Å². The van der Waals surface area contributed by atoms with Crippen LogP contribution in [0.2, 0.25) is 0 Å². The van der Waals surface area contributed by atoms with Crippen molar-refractivity contribution in [1.29, 1.82) is 0 Å². The molecule has 1 atom stereocenters. The zero-order valence-electron chi connectivity index (χ0n) is 18.3. The van der Waals surface area contributed by atoms with Gasteiger partial charge in [-0.1, -0.05) is 19.9 Å². The fraction of sp³-hybridized carbons (Fsp3) is 0.524. The molecule has 31 heavy (non-hydrogen) atoms. The van der Waals surface area contributed by atoms with Gasteiger partial charge in [0, 0.05) is 43.8 Å². The molecular formula is C21H32IN7OS. The molecule has 1 aliphatic heterocycles. The largest absolute Gasteiger partial charge is 0.369 e. The Hall–Kier alpha value is -1.95. The highest BCUT2D eigenvalue weighted by Crippen LogP contribution is 2.24. The van der Waals surface area contributed by atoms with Crippen LogP contribution < -0.4 is 21.3 Å². The molecule has 0 aromatic carbocycles. The monoisotopic (exact) mass is 557 g/mol. The van der Waals surface area contributed by atoms with Crippen molar-refractivity contribution >= 4 is 53.0 Å². The van der Waals surface area contributed by atoms with E-state index in [0.29, 0.717) is 31.5 Å². The van der Waals surface area contributed by atoms with Crippen LogP contribution in [0.4, 0.5) is 5.82 Å². The first-order chi connectivity index (χ1) is 14.5. The lowest BCUT2D eigenvalue weighted by Gasteiger charge is -2.33. The molecule has 1 amide bonds. The Kier molecular flexibility index (Phi) is 9.94. The fourth-order valence-corrected chi connectivity index (χ4v) is 4.38. The number of nitrogens with two attached hydrogens (primary N) is 1. The maximum atomic E-state index is 11.6. The summed E-state index contributed by atoms with van der Waals surface area (Å²) in [5.41, 5.74) is 7.71. The summed E-state index contributed by atoms with van der Waals surface area (Å²) in [5, 5.41) is 9.82. The predicted molar refractivity (Wildman–Crippen MR) is 137 cm³/mol. The zero-order chi connectivity index (χ0) is 21.5. The molecule has 1 fully saturated rings. The highest BCUT2D eigenvalue weighted by Gasteiger charge is 2.26. The van der Waals surface area contributed by atoms with E-state index in [1.807, 2.05) is 12.1 Å². The second-order valence-corrected chi connectivity index (χ2v) is 8.72. The molecule has 0 bridgehead atoms. The van der Waals surface area contributed by atoms with E-state index in [4.69, 9.17) is 5.73 Å². The number of carbonyl (C=O) groups excluding carboxylic acids is 1. The molecule has 0 saturated carbocycles. The number of halogens is 1. The number of hydrogen-bond acceptors (Lipinski definition) is 6. The SMILES string of the molecule is CN=C(NCc1nc(C(C)C)cs1)NCc1cccnc1N1CCCC(C(N)=O)C1.I. The van der Waals surface area contributed by atoms with E-state index >= 15 is 0 Å². The molecule has 3 heterocycles. The van der Waals surface area contributed by atoms with Gasteiger partial charge in [0.1, 0.15) is 10.8 Å². The first-order valence-electron chi connectivity index (χ1n) is 10.3. The van der Waals surface area contributed by atoms with E-state index in [2.05, 4.69) is 49.7 Å². The number of anilines is 1. The van der Waals surface area contributed by atoms with Crippen LogP contribution in [0.3, 0.4) is 0 Å². The summed E-state index contributed by atoms with van der Waals surface area (Å²) in [5.74, 6) is 1.68. The topological polar surface area (TPSA) is 109 Å². The molecule has 2 aromatic rings. The number of rotatable bonds is 7. The number of primary amides is 1. The smallest absolute Gasteiger partial charge is 0.222 e. The Balaban J connectivity index is 0.00000341. The van der Waals surface area contributed by atoms with E-state index < -0.39 is 0 Å². The number of aromatic nitrogens is 2. The number of hydrogen-bond donors (Lipinski definition) is 3. The maximum absolute atomic E-state index is 11.6. The zero-order valence-corrected chi connectivity index (χ0v) is 21.4. The first kappa shape index (κ1) is 25.3. The third kappa shape index (κ3) is 7.03. The van der Waals surface area contributed by atoms with Gasteiger partial charge in [-0.15, -0.1) is 35.3 Å². The number of amides is 1. The summed E-state index contributed by atoms with van der Waals surface area (Å²) in [7, 11) is 1.75.